The zero-order chi connectivity index (χ0) is 19.5. The van der Waals surface area contributed by atoms with Gasteiger partial charge in [0, 0.05) is 17.9 Å². The minimum atomic E-state index is -0.509. The Morgan fingerprint density at radius 3 is 2.82 bits per heavy atom. The molecule has 0 fully saturated rings. The maximum Gasteiger partial charge on any atom is 0.349 e. The Balaban J connectivity index is 1.61. The van der Waals surface area contributed by atoms with E-state index in [0.717, 1.165) is 39.8 Å². The van der Waals surface area contributed by atoms with Gasteiger partial charge in [-0.15, -0.1) is 11.8 Å². The van der Waals surface area contributed by atoms with E-state index >= 15 is 0 Å². The number of hydrogen-bond acceptors (Lipinski definition) is 5. The zero-order valence-corrected chi connectivity index (χ0v) is 16.5. The van der Waals surface area contributed by atoms with E-state index in [0.29, 0.717) is 6.54 Å². The number of nitrogens with zero attached hydrogens (tertiary/aromatic N) is 2. The molecule has 3 aromatic rings. The van der Waals surface area contributed by atoms with Gasteiger partial charge >= 0.3 is 5.69 Å². The Morgan fingerprint density at radius 1 is 1.21 bits per heavy atom. The molecule has 0 saturated heterocycles. The van der Waals surface area contributed by atoms with E-state index in [2.05, 4.69) is 17.1 Å². The van der Waals surface area contributed by atoms with Crippen LogP contribution >= 0.6 is 11.8 Å². The number of benzene rings is 2. The van der Waals surface area contributed by atoms with Crippen molar-refractivity contribution in [1.29, 1.82) is 0 Å². The Kier molecular flexibility index (Phi) is 5.50. The average Bonchev–Trinajstić information content (AvgIpc) is 2.71. The van der Waals surface area contributed by atoms with Crippen molar-refractivity contribution in [1.82, 2.24) is 9.55 Å². The van der Waals surface area contributed by atoms with Gasteiger partial charge in [-0.25, -0.2) is 4.79 Å². The van der Waals surface area contributed by atoms with Gasteiger partial charge in [0.2, 0.25) is 0 Å². The molecule has 2 heterocycles. The summed E-state index contributed by atoms with van der Waals surface area (Å²) in [6, 6.07) is 18.0. The molecule has 0 radical (unpaired) electrons. The number of hydrogen-bond donors (Lipinski definition) is 1. The lowest BCUT2D eigenvalue weighted by atomic mass is 9.97. The number of aryl methyl sites for hydroxylation is 1. The van der Waals surface area contributed by atoms with E-state index < -0.39 is 6.10 Å². The third-order valence-corrected chi connectivity index (χ3v) is 5.65. The quantitative estimate of drug-likeness (QED) is 0.512. The highest BCUT2D eigenvalue weighted by Crippen LogP contribution is 2.33. The van der Waals surface area contributed by atoms with Crippen LogP contribution in [0.25, 0.3) is 11.3 Å². The SMILES string of the molecule is CC(O)COc1ccc2c(c1)CCn1c-2cc(SCc2ccccc2)nc1=O. The summed E-state index contributed by atoms with van der Waals surface area (Å²) < 4.78 is 7.36. The standard InChI is InChI=1S/C22H22N2O3S/c1-15(25)13-27-18-7-8-19-17(11-18)9-10-24-20(19)12-21(23-22(24)26)28-14-16-5-3-2-4-6-16/h2-8,11-12,15,25H,9-10,13-14H2,1H3. The van der Waals surface area contributed by atoms with Crippen LogP contribution in [0.5, 0.6) is 5.75 Å². The molecule has 6 heteroatoms. The second-order valence-corrected chi connectivity index (χ2v) is 7.91. The first kappa shape index (κ1) is 18.8. The van der Waals surface area contributed by atoms with E-state index in [1.807, 2.05) is 42.5 Å². The van der Waals surface area contributed by atoms with Gasteiger partial charge in [0.15, 0.2) is 0 Å². The molecule has 144 valence electrons. The van der Waals surface area contributed by atoms with Gasteiger partial charge in [0.05, 0.1) is 11.8 Å². The van der Waals surface area contributed by atoms with Crippen LogP contribution in [0.4, 0.5) is 0 Å². The first-order valence-electron chi connectivity index (χ1n) is 9.33. The van der Waals surface area contributed by atoms with Crippen LogP contribution in [0.1, 0.15) is 18.1 Å². The molecule has 2 aromatic carbocycles. The van der Waals surface area contributed by atoms with Gasteiger partial charge in [0.25, 0.3) is 0 Å². The number of aromatic nitrogens is 2. The van der Waals surface area contributed by atoms with Crippen LogP contribution < -0.4 is 10.4 Å². The van der Waals surface area contributed by atoms with Crippen LogP contribution in [-0.2, 0) is 18.7 Å². The molecule has 1 aliphatic rings. The summed E-state index contributed by atoms with van der Waals surface area (Å²) in [5.74, 6) is 1.51. The van der Waals surface area contributed by atoms with Crippen molar-refractivity contribution >= 4 is 11.8 Å². The van der Waals surface area contributed by atoms with E-state index in [1.54, 1.807) is 23.3 Å². The lowest BCUT2D eigenvalue weighted by Gasteiger charge is -2.22. The van der Waals surface area contributed by atoms with Crippen LogP contribution in [0.15, 0.2) is 64.4 Å². The molecule has 0 bridgehead atoms. The molecular formula is C22H22N2O3S. The number of fused-ring (bicyclic) bond motifs is 3. The number of aliphatic hydroxyl groups is 1. The second kappa shape index (κ2) is 8.20. The molecule has 0 saturated carbocycles. The molecule has 5 nitrogen and oxygen atoms in total. The van der Waals surface area contributed by atoms with Crippen LogP contribution in [0.2, 0.25) is 0 Å². The lowest BCUT2D eigenvalue weighted by Crippen LogP contribution is -2.28. The maximum atomic E-state index is 12.5. The highest BCUT2D eigenvalue weighted by atomic mass is 32.2. The molecule has 1 atom stereocenters. The number of ether oxygens (including phenoxy) is 1. The predicted octanol–water partition coefficient (Wildman–Crippen LogP) is 3.52. The number of thioether (sulfide) groups is 1. The second-order valence-electron chi connectivity index (χ2n) is 6.92. The van der Waals surface area contributed by atoms with Crippen molar-refractivity contribution in [3.05, 3.63) is 76.2 Å². The number of aliphatic hydroxyl groups excluding tert-OH is 1. The molecule has 1 unspecified atom stereocenters. The Labute approximate surface area is 168 Å². The van der Waals surface area contributed by atoms with Gasteiger partial charge in [-0.2, -0.15) is 4.98 Å². The van der Waals surface area contributed by atoms with E-state index in [1.165, 1.54) is 5.56 Å². The minimum absolute atomic E-state index is 0.201. The third-order valence-electron chi connectivity index (χ3n) is 4.67. The highest BCUT2D eigenvalue weighted by molar-refractivity contribution is 7.98. The fourth-order valence-corrected chi connectivity index (χ4v) is 4.14. The summed E-state index contributed by atoms with van der Waals surface area (Å²) in [5, 5.41) is 10.1. The van der Waals surface area contributed by atoms with Crippen molar-refractivity contribution < 1.29 is 9.84 Å². The fraction of sp³-hybridized carbons (Fsp3) is 0.273. The van der Waals surface area contributed by atoms with Gasteiger partial charge < -0.3 is 9.84 Å². The molecule has 4 rings (SSSR count). The monoisotopic (exact) mass is 394 g/mol. The molecule has 28 heavy (non-hydrogen) atoms. The molecule has 0 aliphatic carbocycles. The number of rotatable bonds is 6. The normalized spacial score (nSPS) is 13.5. The topological polar surface area (TPSA) is 64.3 Å². The largest absolute Gasteiger partial charge is 0.491 e. The smallest absolute Gasteiger partial charge is 0.349 e. The van der Waals surface area contributed by atoms with E-state index in [9.17, 15) is 9.90 Å². The Bertz CT molecular complexity index is 1030. The third kappa shape index (κ3) is 4.13. The van der Waals surface area contributed by atoms with Gasteiger partial charge in [0.1, 0.15) is 17.4 Å². The predicted molar refractivity (Wildman–Crippen MR) is 111 cm³/mol. The van der Waals surface area contributed by atoms with Gasteiger partial charge in [-0.1, -0.05) is 30.3 Å². The zero-order valence-electron chi connectivity index (χ0n) is 15.7. The molecule has 1 aromatic heterocycles. The summed E-state index contributed by atoms with van der Waals surface area (Å²) in [6.07, 6.45) is 0.248. The van der Waals surface area contributed by atoms with Crippen molar-refractivity contribution in [2.45, 2.75) is 36.8 Å². The van der Waals surface area contributed by atoms with Crippen LogP contribution in [0, 0.1) is 0 Å². The lowest BCUT2D eigenvalue weighted by molar-refractivity contribution is 0.122. The molecule has 1 aliphatic heterocycles. The molecule has 0 amide bonds. The highest BCUT2D eigenvalue weighted by Gasteiger charge is 2.19. The van der Waals surface area contributed by atoms with E-state index in [-0.39, 0.29) is 12.3 Å². The maximum absolute atomic E-state index is 12.5. The summed E-state index contributed by atoms with van der Waals surface area (Å²) in [6.45, 7) is 2.57. The van der Waals surface area contributed by atoms with Crippen LogP contribution in [0.3, 0.4) is 0 Å². The summed E-state index contributed by atoms with van der Waals surface area (Å²) in [4.78, 5) is 16.8. The summed E-state index contributed by atoms with van der Waals surface area (Å²) in [7, 11) is 0. The van der Waals surface area contributed by atoms with Crippen molar-refractivity contribution in [2.24, 2.45) is 0 Å². The summed E-state index contributed by atoms with van der Waals surface area (Å²) in [5.41, 5.74) is 4.09. The first-order valence-corrected chi connectivity index (χ1v) is 10.3. The molecule has 0 spiro atoms. The van der Waals surface area contributed by atoms with Gasteiger partial charge in [-0.3, -0.25) is 4.57 Å². The van der Waals surface area contributed by atoms with Gasteiger partial charge in [-0.05, 0) is 48.7 Å². The van der Waals surface area contributed by atoms with Crippen molar-refractivity contribution in [3.8, 4) is 17.0 Å². The van der Waals surface area contributed by atoms with Crippen molar-refractivity contribution in [3.63, 3.8) is 0 Å². The minimum Gasteiger partial charge on any atom is -0.491 e. The van der Waals surface area contributed by atoms with E-state index in [4.69, 9.17) is 4.74 Å². The summed E-state index contributed by atoms with van der Waals surface area (Å²) >= 11 is 1.57. The first-order chi connectivity index (χ1) is 13.6. The Hall–Kier alpha value is -2.57. The van der Waals surface area contributed by atoms with Crippen molar-refractivity contribution in [2.75, 3.05) is 6.61 Å². The molecule has 1 N–H and O–H groups in total. The van der Waals surface area contributed by atoms with Crippen LogP contribution in [-0.4, -0.2) is 27.4 Å². The average molecular weight is 394 g/mol. The Morgan fingerprint density at radius 2 is 2.04 bits per heavy atom. The fourth-order valence-electron chi connectivity index (χ4n) is 3.30. The molecular weight excluding hydrogens is 372 g/mol.